The summed E-state index contributed by atoms with van der Waals surface area (Å²) in [5, 5.41) is 0. The Morgan fingerprint density at radius 2 is 1.52 bits per heavy atom. The fraction of sp³-hybridized carbons (Fsp3) is 0.667. The average Bonchev–Trinajstić information content (AvgIpc) is 3.21. The molecule has 0 saturated heterocycles. The number of para-hydroxylation sites is 2. The van der Waals surface area contributed by atoms with E-state index in [2.05, 4.69) is 110 Å². The van der Waals surface area contributed by atoms with Gasteiger partial charge in [0.15, 0.2) is 0 Å². The maximum atomic E-state index is 5.07. The molecule has 0 radical (unpaired) electrons. The van der Waals surface area contributed by atoms with Gasteiger partial charge in [-0.1, -0.05) is 46.8 Å². The summed E-state index contributed by atoms with van der Waals surface area (Å²) in [6, 6.07) is 8.60. The number of thioether (sulfide) groups is 1. The molecule has 0 aliphatic carbocycles. The van der Waals surface area contributed by atoms with Gasteiger partial charge in [0, 0.05) is 32.5 Å². The van der Waals surface area contributed by atoms with Gasteiger partial charge in [0.05, 0.1) is 16.9 Å². The number of nitrogens with zero attached hydrogens (tertiary/aromatic N) is 3. The van der Waals surface area contributed by atoms with Crippen LogP contribution in [0.4, 0.5) is 0 Å². The number of rotatable bonds is 5. The van der Waals surface area contributed by atoms with Gasteiger partial charge >= 0.3 is 0 Å². The zero-order valence-electron chi connectivity index (χ0n) is 21.7. The van der Waals surface area contributed by atoms with Crippen LogP contribution in [0.25, 0.3) is 11.0 Å². The molecule has 4 heteroatoms. The van der Waals surface area contributed by atoms with Crippen LogP contribution in [0.5, 0.6) is 0 Å². The van der Waals surface area contributed by atoms with Crippen molar-refractivity contribution >= 4 is 22.8 Å². The molecule has 0 unspecified atom stereocenters. The maximum absolute atomic E-state index is 5.07. The van der Waals surface area contributed by atoms with Gasteiger partial charge in [-0.15, -0.1) is 11.8 Å². The van der Waals surface area contributed by atoms with E-state index < -0.39 is 0 Å². The lowest BCUT2D eigenvalue weighted by Crippen LogP contribution is -2.43. The Labute approximate surface area is 194 Å². The van der Waals surface area contributed by atoms with E-state index in [-0.39, 0.29) is 21.9 Å². The van der Waals surface area contributed by atoms with Gasteiger partial charge in [0.25, 0.3) is 0 Å². The van der Waals surface area contributed by atoms with Crippen LogP contribution in [-0.4, -0.2) is 25.9 Å². The Kier molecular flexibility index (Phi) is 6.15. The molecule has 0 N–H and O–H groups in total. The minimum Gasteiger partial charge on any atom is -0.359 e. The predicted molar refractivity (Wildman–Crippen MR) is 138 cm³/mol. The zero-order chi connectivity index (χ0) is 23.4. The number of hydrogen-bond acceptors (Lipinski definition) is 3. The lowest BCUT2D eigenvalue weighted by Gasteiger charge is -2.43. The van der Waals surface area contributed by atoms with E-state index in [1.54, 1.807) is 0 Å². The Hall–Kier alpha value is -1.42. The van der Waals surface area contributed by atoms with Crippen LogP contribution in [0, 0.1) is 5.41 Å². The van der Waals surface area contributed by atoms with Crippen LogP contribution >= 0.6 is 11.8 Å². The first-order valence-corrected chi connectivity index (χ1v) is 12.6. The minimum absolute atomic E-state index is 0.00392. The fourth-order valence-corrected chi connectivity index (χ4v) is 6.21. The molecule has 31 heavy (non-hydrogen) atoms. The van der Waals surface area contributed by atoms with E-state index in [9.17, 15) is 0 Å². The summed E-state index contributed by atoms with van der Waals surface area (Å²) in [5.74, 6) is 2.25. The standard InChI is InChI=1S/C27H43N3S/c1-19-22(29(18-31-19)25(5,6)7)26(8,9)16-17-27(10,11)30-21-15-13-12-14-20(21)28-23(30)24(2,3)4/h12-15H,16-18H2,1-11H3. The number of aromatic nitrogens is 2. The molecule has 3 nitrogen and oxygen atoms in total. The fourth-order valence-electron chi connectivity index (χ4n) is 4.85. The third-order valence-corrected chi connectivity index (χ3v) is 7.68. The molecule has 172 valence electrons. The number of benzene rings is 1. The van der Waals surface area contributed by atoms with Crippen molar-refractivity contribution < 1.29 is 0 Å². The minimum atomic E-state index is -0.0250. The van der Waals surface area contributed by atoms with Crippen molar-refractivity contribution in [2.24, 2.45) is 5.41 Å². The number of hydrogen-bond donors (Lipinski definition) is 0. The van der Waals surface area contributed by atoms with Gasteiger partial charge in [-0.3, -0.25) is 0 Å². The molecule has 2 aromatic rings. The molecule has 3 rings (SSSR count). The van der Waals surface area contributed by atoms with Crippen molar-refractivity contribution in [2.45, 2.75) is 105 Å². The molecule has 0 saturated carbocycles. The second-order valence-electron chi connectivity index (χ2n) is 12.5. The highest BCUT2D eigenvalue weighted by atomic mass is 32.2. The number of imidazole rings is 1. The number of fused-ring (bicyclic) bond motifs is 1. The van der Waals surface area contributed by atoms with Crippen molar-refractivity contribution in [2.75, 3.05) is 5.88 Å². The van der Waals surface area contributed by atoms with Gasteiger partial charge in [-0.05, 0) is 66.5 Å². The summed E-state index contributed by atoms with van der Waals surface area (Å²) in [6.45, 7) is 25.8. The summed E-state index contributed by atoms with van der Waals surface area (Å²) >= 11 is 2.00. The summed E-state index contributed by atoms with van der Waals surface area (Å²) in [6.07, 6.45) is 2.23. The quantitative estimate of drug-likeness (QED) is 0.470. The lowest BCUT2D eigenvalue weighted by atomic mass is 9.78. The summed E-state index contributed by atoms with van der Waals surface area (Å²) in [5.41, 5.74) is 4.12. The molecule has 1 aromatic carbocycles. The van der Waals surface area contributed by atoms with E-state index in [0.717, 1.165) is 24.2 Å². The summed E-state index contributed by atoms with van der Waals surface area (Å²) in [4.78, 5) is 9.18. The molecule has 1 aliphatic heterocycles. The second-order valence-corrected chi connectivity index (χ2v) is 13.6. The molecule has 0 spiro atoms. The van der Waals surface area contributed by atoms with Gasteiger partial charge < -0.3 is 9.47 Å². The van der Waals surface area contributed by atoms with Crippen LogP contribution in [0.2, 0.25) is 0 Å². The smallest absolute Gasteiger partial charge is 0.115 e. The van der Waals surface area contributed by atoms with E-state index >= 15 is 0 Å². The predicted octanol–water partition coefficient (Wildman–Crippen LogP) is 7.91. The molecule has 0 amide bonds. The highest BCUT2D eigenvalue weighted by Crippen LogP contribution is 2.48. The van der Waals surface area contributed by atoms with Crippen LogP contribution in [0.1, 0.15) is 94.8 Å². The Morgan fingerprint density at radius 3 is 2.10 bits per heavy atom. The zero-order valence-corrected chi connectivity index (χ0v) is 22.5. The van der Waals surface area contributed by atoms with Crippen molar-refractivity contribution in [3.63, 3.8) is 0 Å². The van der Waals surface area contributed by atoms with E-state index in [0.29, 0.717) is 0 Å². The van der Waals surface area contributed by atoms with Gasteiger partial charge in [0.1, 0.15) is 5.82 Å². The molecule has 2 heterocycles. The van der Waals surface area contributed by atoms with Crippen molar-refractivity contribution in [3.05, 3.63) is 40.7 Å². The molecule has 1 aromatic heterocycles. The first kappa shape index (κ1) is 24.2. The highest BCUT2D eigenvalue weighted by Gasteiger charge is 2.40. The maximum Gasteiger partial charge on any atom is 0.115 e. The lowest BCUT2D eigenvalue weighted by molar-refractivity contribution is 0.155. The van der Waals surface area contributed by atoms with Crippen LogP contribution in [0.3, 0.4) is 0 Å². The van der Waals surface area contributed by atoms with Crippen molar-refractivity contribution in [1.29, 1.82) is 0 Å². The third kappa shape index (κ3) is 4.69. The van der Waals surface area contributed by atoms with Crippen LogP contribution in [-0.2, 0) is 11.0 Å². The van der Waals surface area contributed by atoms with E-state index in [1.807, 2.05) is 11.8 Å². The molecule has 0 atom stereocenters. The van der Waals surface area contributed by atoms with Crippen LogP contribution < -0.4 is 0 Å². The van der Waals surface area contributed by atoms with Crippen LogP contribution in [0.15, 0.2) is 34.9 Å². The largest absolute Gasteiger partial charge is 0.359 e. The van der Waals surface area contributed by atoms with E-state index in [4.69, 9.17) is 4.98 Å². The van der Waals surface area contributed by atoms with Gasteiger partial charge in [-0.2, -0.15) is 0 Å². The summed E-state index contributed by atoms with van der Waals surface area (Å²) < 4.78 is 2.52. The Bertz CT molecular complexity index is 980. The molecule has 1 aliphatic rings. The monoisotopic (exact) mass is 441 g/mol. The van der Waals surface area contributed by atoms with Gasteiger partial charge in [0.2, 0.25) is 0 Å². The average molecular weight is 442 g/mol. The molecular weight excluding hydrogens is 398 g/mol. The Balaban J connectivity index is 1.96. The second kappa shape index (κ2) is 7.86. The molecule has 0 bridgehead atoms. The van der Waals surface area contributed by atoms with Crippen molar-refractivity contribution in [1.82, 2.24) is 14.5 Å². The van der Waals surface area contributed by atoms with Crippen molar-refractivity contribution in [3.8, 4) is 0 Å². The summed E-state index contributed by atoms with van der Waals surface area (Å²) in [7, 11) is 0. The van der Waals surface area contributed by atoms with Gasteiger partial charge in [-0.25, -0.2) is 4.98 Å². The first-order chi connectivity index (χ1) is 14.1. The molecule has 0 fully saturated rings. The SMILES string of the molecule is CC1=C(C(C)(C)CCC(C)(C)n2c(C(C)(C)C)nc3ccccc32)N(C(C)(C)C)CS1. The topological polar surface area (TPSA) is 21.1 Å². The number of allylic oxidation sites excluding steroid dienone is 2. The Morgan fingerprint density at radius 1 is 0.903 bits per heavy atom. The first-order valence-electron chi connectivity index (χ1n) is 11.7. The third-order valence-electron chi connectivity index (χ3n) is 6.66. The normalized spacial score (nSPS) is 16.7. The van der Waals surface area contributed by atoms with E-state index in [1.165, 1.54) is 21.9 Å². The highest BCUT2D eigenvalue weighted by molar-refractivity contribution is 8.03. The molecular formula is C27H43N3S.